The third kappa shape index (κ3) is 1.56. The largest absolute Gasteiger partial charge is 0.464 e. The van der Waals surface area contributed by atoms with Crippen molar-refractivity contribution in [2.45, 2.75) is 6.54 Å². The zero-order valence-corrected chi connectivity index (χ0v) is 8.76. The van der Waals surface area contributed by atoms with Crippen LogP contribution in [-0.2, 0) is 6.54 Å². The highest BCUT2D eigenvalue weighted by Gasteiger charge is 2.03. The first-order valence-corrected chi connectivity index (χ1v) is 5.25. The zero-order valence-electron chi connectivity index (χ0n) is 8.76. The van der Waals surface area contributed by atoms with Crippen LogP contribution in [0.2, 0.25) is 0 Å². The summed E-state index contributed by atoms with van der Waals surface area (Å²) in [6.45, 7) is 0.756. The highest BCUT2D eigenvalue weighted by molar-refractivity contribution is 5.80. The lowest BCUT2D eigenvalue weighted by Crippen LogP contribution is -2.11. The molecule has 16 heavy (non-hydrogen) atoms. The zero-order chi connectivity index (χ0) is 10.8. The van der Waals surface area contributed by atoms with Gasteiger partial charge in [-0.1, -0.05) is 18.2 Å². The third-order valence-corrected chi connectivity index (χ3v) is 2.62. The Morgan fingerprint density at radius 2 is 1.88 bits per heavy atom. The Morgan fingerprint density at radius 3 is 2.75 bits per heavy atom. The minimum absolute atomic E-state index is 0.756. The molecule has 0 atom stereocenters. The van der Waals surface area contributed by atoms with Crippen LogP contribution in [0.15, 0.2) is 59.5 Å². The molecule has 1 N–H and O–H groups in total. The van der Waals surface area contributed by atoms with Gasteiger partial charge in [0.05, 0.1) is 12.8 Å². The van der Waals surface area contributed by atoms with Gasteiger partial charge in [0.25, 0.3) is 0 Å². The topological polar surface area (TPSA) is 30.1 Å². The van der Waals surface area contributed by atoms with Gasteiger partial charge in [-0.05, 0) is 18.2 Å². The third-order valence-electron chi connectivity index (χ3n) is 2.62. The van der Waals surface area contributed by atoms with E-state index in [0.717, 1.165) is 12.1 Å². The summed E-state index contributed by atoms with van der Waals surface area (Å²) in [6, 6.07) is 12.0. The van der Waals surface area contributed by atoms with Gasteiger partial charge in [-0.2, -0.15) is 0 Å². The summed E-state index contributed by atoms with van der Waals surface area (Å²) in [5, 5.41) is 1.17. The average Bonchev–Trinajstić information content (AvgIpc) is 2.96. The molecule has 0 saturated carbocycles. The maximum atomic E-state index is 5.47. The number of nitrogens with zero attached hydrogens (tertiary/aromatic N) is 1. The Morgan fingerprint density at radius 1 is 1.06 bits per heavy atom. The number of aromatic nitrogens is 1. The predicted octanol–water partition coefficient (Wildman–Crippen LogP) is 2.98. The molecule has 3 rings (SSSR count). The number of furan rings is 1. The molecular weight excluding hydrogens is 200 g/mol. The Hall–Kier alpha value is -2.16. The van der Waals surface area contributed by atoms with E-state index >= 15 is 0 Å². The monoisotopic (exact) mass is 212 g/mol. The Balaban J connectivity index is 1.84. The van der Waals surface area contributed by atoms with E-state index in [1.807, 2.05) is 47.4 Å². The van der Waals surface area contributed by atoms with E-state index in [2.05, 4.69) is 11.5 Å². The van der Waals surface area contributed by atoms with Crippen LogP contribution in [0.1, 0.15) is 5.56 Å². The molecule has 0 fully saturated rings. The molecular formula is C13H12N2O. The fourth-order valence-electron chi connectivity index (χ4n) is 1.79. The molecule has 0 spiro atoms. The van der Waals surface area contributed by atoms with Crippen molar-refractivity contribution >= 4 is 11.0 Å². The summed E-state index contributed by atoms with van der Waals surface area (Å²) in [5.74, 6) is 0. The van der Waals surface area contributed by atoms with Crippen LogP contribution < -0.4 is 5.43 Å². The molecule has 80 valence electrons. The molecule has 3 heteroatoms. The van der Waals surface area contributed by atoms with Gasteiger partial charge in [-0.25, -0.2) is 0 Å². The lowest BCUT2D eigenvalue weighted by atomic mass is 10.2. The van der Waals surface area contributed by atoms with E-state index in [1.165, 1.54) is 10.9 Å². The number of hydrogen-bond donors (Lipinski definition) is 1. The fraction of sp³-hybridized carbons (Fsp3) is 0.0769. The van der Waals surface area contributed by atoms with Crippen LogP contribution >= 0.6 is 0 Å². The second-order valence-electron chi connectivity index (χ2n) is 3.68. The van der Waals surface area contributed by atoms with Crippen molar-refractivity contribution in [3.8, 4) is 0 Å². The van der Waals surface area contributed by atoms with Gasteiger partial charge in [0.2, 0.25) is 0 Å². The smallest absolute Gasteiger partial charge is 0.134 e. The number of hydrogen-bond acceptors (Lipinski definition) is 2. The number of fused-ring (bicyclic) bond motifs is 1. The maximum Gasteiger partial charge on any atom is 0.134 e. The van der Waals surface area contributed by atoms with Gasteiger partial charge in [-0.15, -0.1) is 0 Å². The summed E-state index contributed by atoms with van der Waals surface area (Å²) in [6.07, 6.45) is 5.76. The summed E-state index contributed by atoms with van der Waals surface area (Å²) < 4.78 is 7.40. The molecule has 3 nitrogen and oxygen atoms in total. The molecule has 2 heterocycles. The van der Waals surface area contributed by atoms with Crippen molar-refractivity contribution in [2.24, 2.45) is 0 Å². The van der Waals surface area contributed by atoms with Gasteiger partial charge in [0.15, 0.2) is 0 Å². The first-order valence-electron chi connectivity index (χ1n) is 5.25. The molecule has 0 unspecified atom stereocenters. The Kier molecular flexibility index (Phi) is 2.14. The molecule has 0 amide bonds. The molecule has 0 aliphatic rings. The number of rotatable bonds is 3. The Labute approximate surface area is 93.3 Å². The quantitative estimate of drug-likeness (QED) is 0.723. The highest BCUT2D eigenvalue weighted by Crippen LogP contribution is 2.20. The van der Waals surface area contributed by atoms with Crippen LogP contribution in [0.25, 0.3) is 11.0 Å². The van der Waals surface area contributed by atoms with Crippen LogP contribution in [0, 0.1) is 0 Å². The summed E-state index contributed by atoms with van der Waals surface area (Å²) in [7, 11) is 0. The number of nitrogens with one attached hydrogen (secondary N) is 1. The minimum Gasteiger partial charge on any atom is -0.464 e. The molecule has 0 radical (unpaired) electrons. The van der Waals surface area contributed by atoms with Gasteiger partial charge < -0.3 is 9.84 Å². The van der Waals surface area contributed by atoms with Crippen LogP contribution in [0.4, 0.5) is 0 Å². The average molecular weight is 212 g/mol. The number of para-hydroxylation sites is 1. The van der Waals surface area contributed by atoms with Crippen LogP contribution in [0.5, 0.6) is 0 Å². The SMILES string of the molecule is c1ccc2c(CNn3cccc3)coc2c1. The van der Waals surface area contributed by atoms with Gasteiger partial charge in [0, 0.05) is 23.3 Å². The van der Waals surface area contributed by atoms with Gasteiger partial charge in [0.1, 0.15) is 5.58 Å². The first-order chi connectivity index (χ1) is 7.93. The van der Waals surface area contributed by atoms with E-state index in [-0.39, 0.29) is 0 Å². The van der Waals surface area contributed by atoms with Crippen molar-refractivity contribution in [2.75, 3.05) is 5.43 Å². The normalized spacial score (nSPS) is 10.8. The summed E-state index contributed by atoms with van der Waals surface area (Å²) in [5.41, 5.74) is 5.38. The van der Waals surface area contributed by atoms with Crippen molar-refractivity contribution < 1.29 is 4.42 Å². The van der Waals surface area contributed by atoms with Crippen LogP contribution in [0.3, 0.4) is 0 Å². The molecule has 0 aliphatic carbocycles. The van der Waals surface area contributed by atoms with Crippen molar-refractivity contribution in [3.05, 3.63) is 60.6 Å². The molecule has 0 bridgehead atoms. The molecule has 3 aromatic rings. The predicted molar refractivity (Wildman–Crippen MR) is 63.7 cm³/mol. The second kappa shape index (κ2) is 3.77. The van der Waals surface area contributed by atoms with E-state index in [0.29, 0.717) is 0 Å². The van der Waals surface area contributed by atoms with E-state index in [4.69, 9.17) is 4.42 Å². The molecule has 2 aromatic heterocycles. The van der Waals surface area contributed by atoms with Crippen LogP contribution in [-0.4, -0.2) is 4.68 Å². The summed E-state index contributed by atoms with van der Waals surface area (Å²) >= 11 is 0. The maximum absolute atomic E-state index is 5.47. The lowest BCUT2D eigenvalue weighted by molar-refractivity contribution is 0.610. The minimum atomic E-state index is 0.756. The molecule has 0 aliphatic heterocycles. The van der Waals surface area contributed by atoms with Gasteiger partial charge in [-0.3, -0.25) is 4.68 Å². The highest BCUT2D eigenvalue weighted by atomic mass is 16.3. The second-order valence-corrected chi connectivity index (χ2v) is 3.68. The van der Waals surface area contributed by atoms with Crippen molar-refractivity contribution in [1.82, 2.24) is 4.68 Å². The van der Waals surface area contributed by atoms with Crippen molar-refractivity contribution in [1.29, 1.82) is 0 Å². The summed E-state index contributed by atoms with van der Waals surface area (Å²) in [4.78, 5) is 0. The Bertz CT molecular complexity index is 581. The van der Waals surface area contributed by atoms with E-state index < -0.39 is 0 Å². The molecule has 1 aromatic carbocycles. The molecule has 0 saturated heterocycles. The van der Waals surface area contributed by atoms with E-state index in [9.17, 15) is 0 Å². The number of benzene rings is 1. The van der Waals surface area contributed by atoms with Crippen molar-refractivity contribution in [3.63, 3.8) is 0 Å². The standard InChI is InChI=1S/C13H12N2O/c1-2-6-13-12(5-1)11(10-16-13)9-14-15-7-3-4-8-15/h1-8,10,14H,9H2. The van der Waals surface area contributed by atoms with E-state index in [1.54, 1.807) is 6.26 Å². The van der Waals surface area contributed by atoms with Gasteiger partial charge >= 0.3 is 0 Å². The lowest BCUT2D eigenvalue weighted by Gasteiger charge is -2.05. The fourth-order valence-corrected chi connectivity index (χ4v) is 1.79. The first kappa shape index (κ1) is 9.09.